The molecule has 0 aliphatic carbocycles. The second-order valence-corrected chi connectivity index (χ2v) is 7.83. The van der Waals surface area contributed by atoms with Gasteiger partial charge in [0.15, 0.2) is 0 Å². The molecule has 1 amide bonds. The lowest BCUT2D eigenvalue weighted by atomic mass is 9.85. The summed E-state index contributed by atoms with van der Waals surface area (Å²) in [5.74, 6) is -2.98. The Kier molecular flexibility index (Phi) is 5.04. The third-order valence-electron chi connectivity index (χ3n) is 4.61. The number of methoxy groups -OCH3 is 1. The Morgan fingerprint density at radius 3 is 2.47 bits per heavy atom. The molecular weight excluding hydrogens is 401 g/mol. The van der Waals surface area contributed by atoms with Gasteiger partial charge in [0, 0.05) is 12.1 Å². The van der Waals surface area contributed by atoms with Crippen molar-refractivity contribution in [2.45, 2.75) is 38.1 Å². The second-order valence-electron chi connectivity index (χ2n) is 7.83. The number of hydrogen-bond donors (Lipinski definition) is 0. The lowest BCUT2D eigenvalue weighted by molar-refractivity contribution is -0.143. The lowest BCUT2D eigenvalue weighted by Gasteiger charge is -2.25. The molecule has 1 unspecified atom stereocenters. The average molecular weight is 422 g/mol. The SMILES string of the molecule is C=CCN1C(=O)C2(OC(=NC(C)(C)C)C(C(F)(F)F)=C2C(=O)OC)c2ccccc21. The maximum Gasteiger partial charge on any atom is 0.422 e. The van der Waals surface area contributed by atoms with Gasteiger partial charge in [-0.3, -0.25) is 4.79 Å². The number of nitrogens with zero attached hydrogens (tertiary/aromatic N) is 2. The van der Waals surface area contributed by atoms with Crippen LogP contribution in [0.15, 0.2) is 53.1 Å². The molecule has 1 aromatic carbocycles. The van der Waals surface area contributed by atoms with E-state index in [0.717, 1.165) is 7.11 Å². The molecule has 0 bridgehead atoms. The van der Waals surface area contributed by atoms with Crippen molar-refractivity contribution in [3.8, 4) is 0 Å². The number of anilines is 1. The Morgan fingerprint density at radius 1 is 1.30 bits per heavy atom. The van der Waals surface area contributed by atoms with E-state index >= 15 is 0 Å². The number of benzene rings is 1. The molecule has 2 heterocycles. The first-order valence-corrected chi connectivity index (χ1v) is 9.10. The zero-order valence-electron chi connectivity index (χ0n) is 17.0. The van der Waals surface area contributed by atoms with E-state index in [1.165, 1.54) is 17.0 Å². The number of carbonyl (C=O) groups is 2. The highest BCUT2D eigenvalue weighted by molar-refractivity contribution is 6.21. The number of fused-ring (bicyclic) bond motifs is 2. The van der Waals surface area contributed by atoms with E-state index in [1.807, 2.05) is 0 Å². The van der Waals surface area contributed by atoms with Crippen LogP contribution in [0, 0.1) is 0 Å². The van der Waals surface area contributed by atoms with Gasteiger partial charge in [-0.15, -0.1) is 6.58 Å². The molecule has 1 aromatic rings. The van der Waals surface area contributed by atoms with Crippen LogP contribution in [0.4, 0.5) is 18.9 Å². The number of rotatable bonds is 3. The molecule has 0 radical (unpaired) electrons. The summed E-state index contributed by atoms with van der Waals surface area (Å²) in [6.07, 6.45) is -3.59. The number of amides is 1. The van der Waals surface area contributed by atoms with Crippen LogP contribution >= 0.6 is 0 Å². The molecule has 0 aromatic heterocycles. The first kappa shape index (κ1) is 21.6. The predicted molar refractivity (Wildman–Crippen MR) is 104 cm³/mol. The normalized spacial score (nSPS) is 22.6. The molecular formula is C21H21F3N2O4. The van der Waals surface area contributed by atoms with Gasteiger partial charge in [0.1, 0.15) is 11.1 Å². The predicted octanol–water partition coefficient (Wildman–Crippen LogP) is 3.67. The summed E-state index contributed by atoms with van der Waals surface area (Å²) in [6, 6.07) is 6.20. The van der Waals surface area contributed by atoms with E-state index in [4.69, 9.17) is 4.74 Å². The van der Waals surface area contributed by atoms with Crippen LogP contribution in [0.3, 0.4) is 0 Å². The molecule has 3 rings (SSSR count). The van der Waals surface area contributed by atoms with Crippen LogP contribution in [-0.4, -0.2) is 43.1 Å². The Labute approximate surface area is 171 Å². The van der Waals surface area contributed by atoms with E-state index in [0.29, 0.717) is 5.69 Å². The van der Waals surface area contributed by atoms with Gasteiger partial charge < -0.3 is 14.4 Å². The third kappa shape index (κ3) is 3.18. The standard InChI is InChI=1S/C21H21F3N2O4/c1-6-11-26-13-10-8-7-9-12(13)20(18(26)28)15(17(27)29-5)14(21(22,23)24)16(30-20)25-19(2,3)4/h6-10H,1,11H2,2-5H3. The number of aliphatic imine (C=N–C) groups is 1. The Morgan fingerprint density at radius 2 is 1.93 bits per heavy atom. The van der Waals surface area contributed by atoms with Crippen LogP contribution in [0.25, 0.3) is 0 Å². The fourth-order valence-corrected chi connectivity index (χ4v) is 3.60. The molecule has 0 N–H and O–H groups in total. The van der Waals surface area contributed by atoms with Crippen LogP contribution in [0.1, 0.15) is 26.3 Å². The monoisotopic (exact) mass is 422 g/mol. The minimum atomic E-state index is -5.02. The molecule has 9 heteroatoms. The molecule has 30 heavy (non-hydrogen) atoms. The molecule has 0 fully saturated rings. The number of halogens is 3. The summed E-state index contributed by atoms with van der Waals surface area (Å²) in [6.45, 7) is 8.34. The minimum Gasteiger partial charge on any atom is -0.466 e. The number of esters is 1. The number of ether oxygens (including phenoxy) is 2. The van der Waals surface area contributed by atoms with E-state index in [-0.39, 0.29) is 12.1 Å². The van der Waals surface area contributed by atoms with Crippen molar-refractivity contribution in [3.63, 3.8) is 0 Å². The maximum absolute atomic E-state index is 14.1. The van der Waals surface area contributed by atoms with Crippen LogP contribution < -0.4 is 4.90 Å². The van der Waals surface area contributed by atoms with Crippen LogP contribution in [0.2, 0.25) is 0 Å². The van der Waals surface area contributed by atoms with E-state index in [2.05, 4.69) is 16.3 Å². The summed E-state index contributed by atoms with van der Waals surface area (Å²) < 4.78 is 52.8. The van der Waals surface area contributed by atoms with E-state index in [1.54, 1.807) is 39.0 Å². The fourth-order valence-electron chi connectivity index (χ4n) is 3.60. The Balaban J connectivity index is 2.43. The van der Waals surface area contributed by atoms with Crippen molar-refractivity contribution in [2.24, 2.45) is 4.99 Å². The van der Waals surface area contributed by atoms with E-state index in [9.17, 15) is 22.8 Å². The van der Waals surface area contributed by atoms with Gasteiger partial charge in [0.05, 0.1) is 18.3 Å². The van der Waals surface area contributed by atoms with Crippen molar-refractivity contribution >= 4 is 23.5 Å². The van der Waals surface area contributed by atoms with Gasteiger partial charge in [0.25, 0.3) is 5.91 Å². The largest absolute Gasteiger partial charge is 0.466 e. The fraction of sp³-hybridized carbons (Fsp3) is 0.381. The maximum atomic E-state index is 14.1. The highest BCUT2D eigenvalue weighted by atomic mass is 19.4. The first-order valence-electron chi connectivity index (χ1n) is 9.10. The van der Waals surface area contributed by atoms with Gasteiger partial charge >= 0.3 is 12.1 Å². The molecule has 6 nitrogen and oxygen atoms in total. The summed E-state index contributed by atoms with van der Waals surface area (Å²) in [4.78, 5) is 31.4. The summed E-state index contributed by atoms with van der Waals surface area (Å²) in [5.41, 5.74) is -5.22. The van der Waals surface area contributed by atoms with Crippen molar-refractivity contribution in [3.05, 3.63) is 53.6 Å². The quantitative estimate of drug-likeness (QED) is 0.551. The Bertz CT molecular complexity index is 989. The number of hydrogen-bond acceptors (Lipinski definition) is 5. The number of para-hydroxylation sites is 1. The topological polar surface area (TPSA) is 68.2 Å². The zero-order valence-corrected chi connectivity index (χ0v) is 17.0. The van der Waals surface area contributed by atoms with Gasteiger partial charge in [-0.2, -0.15) is 13.2 Å². The molecule has 2 aliphatic heterocycles. The van der Waals surface area contributed by atoms with Crippen molar-refractivity contribution < 1.29 is 32.2 Å². The van der Waals surface area contributed by atoms with Gasteiger partial charge in [0.2, 0.25) is 11.5 Å². The summed E-state index contributed by atoms with van der Waals surface area (Å²) >= 11 is 0. The molecule has 0 saturated heterocycles. The van der Waals surface area contributed by atoms with Crippen molar-refractivity contribution in [1.82, 2.24) is 0 Å². The van der Waals surface area contributed by atoms with E-state index < -0.39 is 46.2 Å². The van der Waals surface area contributed by atoms with Gasteiger partial charge in [-0.1, -0.05) is 24.3 Å². The summed E-state index contributed by atoms with van der Waals surface area (Å²) in [7, 11) is 0.947. The molecule has 160 valence electrons. The lowest BCUT2D eigenvalue weighted by Crippen LogP contribution is -2.44. The molecule has 1 atom stereocenters. The van der Waals surface area contributed by atoms with Gasteiger partial charge in [-0.25, -0.2) is 9.79 Å². The third-order valence-corrected chi connectivity index (χ3v) is 4.61. The van der Waals surface area contributed by atoms with Crippen molar-refractivity contribution in [1.29, 1.82) is 0 Å². The number of alkyl halides is 3. The zero-order chi connectivity index (χ0) is 22.5. The average Bonchev–Trinajstić information content (AvgIpc) is 3.09. The highest BCUT2D eigenvalue weighted by Gasteiger charge is 2.66. The van der Waals surface area contributed by atoms with Gasteiger partial charge in [-0.05, 0) is 26.8 Å². The second kappa shape index (κ2) is 7.00. The highest BCUT2D eigenvalue weighted by Crippen LogP contribution is 2.54. The summed E-state index contributed by atoms with van der Waals surface area (Å²) in [5, 5.41) is 0. The first-order chi connectivity index (χ1) is 13.9. The molecule has 1 spiro atoms. The van der Waals surface area contributed by atoms with Crippen LogP contribution in [0.5, 0.6) is 0 Å². The molecule has 2 aliphatic rings. The Hall–Kier alpha value is -3.10. The van der Waals surface area contributed by atoms with Crippen molar-refractivity contribution in [2.75, 3.05) is 18.6 Å². The smallest absolute Gasteiger partial charge is 0.422 e. The number of carbonyl (C=O) groups excluding carboxylic acids is 2. The molecule has 0 saturated carbocycles. The minimum absolute atomic E-state index is 0.0164. The van der Waals surface area contributed by atoms with Crippen LogP contribution in [-0.2, 0) is 24.7 Å².